The molecule has 0 amide bonds. The standard InChI is InChI=1S/C19H22O3/c1-2-18(21-14-16-9-5-3-6-10-16)19(13-20)22-15-17-11-7-4-8-12-17/h2-12,18-20H,1,13-15H2/t18-,19+/m0/s1. The molecule has 3 nitrogen and oxygen atoms in total. The topological polar surface area (TPSA) is 38.7 Å². The molecule has 0 bridgehead atoms. The van der Waals surface area contributed by atoms with E-state index in [0.29, 0.717) is 13.2 Å². The molecular weight excluding hydrogens is 276 g/mol. The fourth-order valence-corrected chi connectivity index (χ4v) is 2.12. The summed E-state index contributed by atoms with van der Waals surface area (Å²) in [6.45, 7) is 4.56. The lowest BCUT2D eigenvalue weighted by Gasteiger charge is -2.23. The third-order valence-corrected chi connectivity index (χ3v) is 3.37. The quantitative estimate of drug-likeness (QED) is 0.722. The van der Waals surface area contributed by atoms with Gasteiger partial charge in [-0.3, -0.25) is 0 Å². The summed E-state index contributed by atoms with van der Waals surface area (Å²) in [5, 5.41) is 9.55. The van der Waals surface area contributed by atoms with Crippen LogP contribution in [0, 0.1) is 0 Å². The van der Waals surface area contributed by atoms with E-state index in [9.17, 15) is 5.11 Å². The maximum atomic E-state index is 9.55. The highest BCUT2D eigenvalue weighted by molar-refractivity contribution is 5.14. The Morgan fingerprint density at radius 3 is 1.82 bits per heavy atom. The Morgan fingerprint density at radius 2 is 1.36 bits per heavy atom. The molecule has 2 atom stereocenters. The molecule has 0 unspecified atom stereocenters. The van der Waals surface area contributed by atoms with Crippen molar-refractivity contribution in [2.24, 2.45) is 0 Å². The number of hydrogen-bond acceptors (Lipinski definition) is 3. The van der Waals surface area contributed by atoms with Crippen molar-refractivity contribution in [1.82, 2.24) is 0 Å². The fourth-order valence-electron chi connectivity index (χ4n) is 2.12. The summed E-state index contributed by atoms with van der Waals surface area (Å²) in [4.78, 5) is 0. The predicted octanol–water partition coefficient (Wildman–Crippen LogP) is 3.34. The Balaban J connectivity index is 1.87. The molecular formula is C19H22O3. The van der Waals surface area contributed by atoms with Gasteiger partial charge in [0.15, 0.2) is 0 Å². The molecule has 0 saturated heterocycles. The van der Waals surface area contributed by atoms with Crippen LogP contribution in [0.5, 0.6) is 0 Å². The molecule has 3 heteroatoms. The zero-order valence-electron chi connectivity index (χ0n) is 12.6. The summed E-state index contributed by atoms with van der Waals surface area (Å²) in [6, 6.07) is 19.8. The van der Waals surface area contributed by atoms with Crippen molar-refractivity contribution in [3.63, 3.8) is 0 Å². The van der Waals surface area contributed by atoms with Crippen LogP contribution in [0.2, 0.25) is 0 Å². The van der Waals surface area contributed by atoms with Crippen molar-refractivity contribution in [3.05, 3.63) is 84.4 Å². The lowest BCUT2D eigenvalue weighted by atomic mass is 10.2. The highest BCUT2D eigenvalue weighted by Crippen LogP contribution is 2.12. The smallest absolute Gasteiger partial charge is 0.111 e. The second-order valence-corrected chi connectivity index (χ2v) is 5.01. The van der Waals surface area contributed by atoms with E-state index in [4.69, 9.17) is 9.47 Å². The Labute approximate surface area is 131 Å². The van der Waals surface area contributed by atoms with Crippen molar-refractivity contribution < 1.29 is 14.6 Å². The van der Waals surface area contributed by atoms with Gasteiger partial charge in [-0.1, -0.05) is 66.7 Å². The summed E-state index contributed by atoms with van der Waals surface area (Å²) in [5.41, 5.74) is 2.14. The molecule has 116 valence electrons. The first-order chi connectivity index (χ1) is 10.8. The van der Waals surface area contributed by atoms with E-state index in [1.165, 1.54) is 0 Å². The van der Waals surface area contributed by atoms with Gasteiger partial charge in [-0.25, -0.2) is 0 Å². The number of aliphatic hydroxyl groups excluding tert-OH is 1. The van der Waals surface area contributed by atoms with Crippen LogP contribution in [0.1, 0.15) is 11.1 Å². The van der Waals surface area contributed by atoms with Crippen LogP contribution in [-0.4, -0.2) is 23.9 Å². The average molecular weight is 298 g/mol. The number of hydrogen-bond donors (Lipinski definition) is 1. The Morgan fingerprint density at radius 1 is 0.864 bits per heavy atom. The second-order valence-electron chi connectivity index (χ2n) is 5.01. The predicted molar refractivity (Wildman–Crippen MR) is 87.3 cm³/mol. The van der Waals surface area contributed by atoms with E-state index in [1.807, 2.05) is 60.7 Å². The van der Waals surface area contributed by atoms with E-state index in [2.05, 4.69) is 6.58 Å². The third kappa shape index (κ3) is 5.11. The van der Waals surface area contributed by atoms with Crippen LogP contribution >= 0.6 is 0 Å². The minimum Gasteiger partial charge on any atom is -0.394 e. The lowest BCUT2D eigenvalue weighted by Crippen LogP contribution is -2.33. The van der Waals surface area contributed by atoms with Gasteiger partial charge in [0.2, 0.25) is 0 Å². The van der Waals surface area contributed by atoms with Crippen LogP contribution in [0.15, 0.2) is 73.3 Å². The molecule has 2 aromatic rings. The first kappa shape index (κ1) is 16.4. The van der Waals surface area contributed by atoms with Gasteiger partial charge < -0.3 is 14.6 Å². The van der Waals surface area contributed by atoms with Crippen LogP contribution in [0.25, 0.3) is 0 Å². The monoisotopic (exact) mass is 298 g/mol. The first-order valence-electron chi connectivity index (χ1n) is 7.38. The summed E-state index contributed by atoms with van der Waals surface area (Å²) < 4.78 is 11.6. The zero-order valence-corrected chi connectivity index (χ0v) is 12.6. The normalized spacial score (nSPS) is 13.5. The summed E-state index contributed by atoms with van der Waals surface area (Å²) in [7, 11) is 0. The van der Waals surface area contributed by atoms with Gasteiger partial charge in [-0.15, -0.1) is 6.58 Å². The number of rotatable bonds is 9. The lowest BCUT2D eigenvalue weighted by molar-refractivity contribution is -0.0845. The van der Waals surface area contributed by atoms with Crippen molar-refractivity contribution in [3.8, 4) is 0 Å². The largest absolute Gasteiger partial charge is 0.394 e. The first-order valence-corrected chi connectivity index (χ1v) is 7.38. The number of benzene rings is 2. The van der Waals surface area contributed by atoms with E-state index in [0.717, 1.165) is 11.1 Å². The molecule has 2 rings (SSSR count). The summed E-state index contributed by atoms with van der Waals surface area (Å²) in [5.74, 6) is 0. The fraction of sp³-hybridized carbons (Fsp3) is 0.263. The molecule has 0 fully saturated rings. The van der Waals surface area contributed by atoms with Crippen LogP contribution in [0.4, 0.5) is 0 Å². The third-order valence-electron chi connectivity index (χ3n) is 3.37. The number of aliphatic hydroxyl groups is 1. The van der Waals surface area contributed by atoms with Gasteiger partial charge in [0.25, 0.3) is 0 Å². The average Bonchev–Trinajstić information content (AvgIpc) is 2.59. The molecule has 1 N–H and O–H groups in total. The minimum absolute atomic E-state index is 0.113. The van der Waals surface area contributed by atoms with Crippen LogP contribution in [-0.2, 0) is 22.7 Å². The molecule has 0 aliphatic heterocycles. The van der Waals surface area contributed by atoms with Gasteiger partial charge in [0.1, 0.15) is 12.2 Å². The molecule has 0 aliphatic carbocycles. The Hall–Kier alpha value is -1.94. The zero-order chi connectivity index (χ0) is 15.6. The van der Waals surface area contributed by atoms with Gasteiger partial charge in [0.05, 0.1) is 19.8 Å². The van der Waals surface area contributed by atoms with Gasteiger partial charge in [-0.05, 0) is 11.1 Å². The molecule has 0 aromatic heterocycles. The van der Waals surface area contributed by atoms with Crippen molar-refractivity contribution in [2.75, 3.05) is 6.61 Å². The summed E-state index contributed by atoms with van der Waals surface area (Å²) in [6.07, 6.45) is 0.893. The van der Waals surface area contributed by atoms with Crippen molar-refractivity contribution >= 4 is 0 Å². The molecule has 0 aliphatic rings. The van der Waals surface area contributed by atoms with E-state index in [1.54, 1.807) is 6.08 Å². The molecule has 0 spiro atoms. The van der Waals surface area contributed by atoms with E-state index >= 15 is 0 Å². The van der Waals surface area contributed by atoms with E-state index < -0.39 is 6.10 Å². The highest BCUT2D eigenvalue weighted by Gasteiger charge is 2.19. The van der Waals surface area contributed by atoms with Crippen molar-refractivity contribution in [2.45, 2.75) is 25.4 Å². The Kier molecular flexibility index (Phi) is 6.84. The maximum absolute atomic E-state index is 9.55. The van der Waals surface area contributed by atoms with E-state index in [-0.39, 0.29) is 12.7 Å². The number of ether oxygens (including phenoxy) is 2. The van der Waals surface area contributed by atoms with Crippen LogP contribution < -0.4 is 0 Å². The molecule has 22 heavy (non-hydrogen) atoms. The summed E-state index contributed by atoms with van der Waals surface area (Å²) >= 11 is 0. The molecule has 0 radical (unpaired) electrons. The Bertz CT molecular complexity index is 539. The maximum Gasteiger partial charge on any atom is 0.111 e. The highest BCUT2D eigenvalue weighted by atomic mass is 16.5. The molecule has 0 heterocycles. The van der Waals surface area contributed by atoms with Gasteiger partial charge >= 0.3 is 0 Å². The van der Waals surface area contributed by atoms with Gasteiger partial charge in [-0.2, -0.15) is 0 Å². The molecule has 2 aromatic carbocycles. The minimum atomic E-state index is -0.429. The molecule has 0 saturated carbocycles. The van der Waals surface area contributed by atoms with Gasteiger partial charge in [0, 0.05) is 0 Å². The van der Waals surface area contributed by atoms with Crippen LogP contribution in [0.3, 0.4) is 0 Å². The second kappa shape index (κ2) is 9.15. The van der Waals surface area contributed by atoms with Crippen molar-refractivity contribution in [1.29, 1.82) is 0 Å². The SMILES string of the molecule is C=C[C@H](OCc1ccccc1)[C@@H](CO)OCc1ccccc1.